The van der Waals surface area contributed by atoms with Crippen molar-refractivity contribution in [3.05, 3.63) is 5.82 Å². The predicted octanol–water partition coefficient (Wildman–Crippen LogP) is 1.89. The van der Waals surface area contributed by atoms with Gasteiger partial charge in [0.1, 0.15) is 6.54 Å². The van der Waals surface area contributed by atoms with E-state index < -0.39 is 9.76 Å². The summed E-state index contributed by atoms with van der Waals surface area (Å²) < 4.78 is 2.13. The van der Waals surface area contributed by atoms with Gasteiger partial charge in [0.2, 0.25) is 5.13 Å². The van der Waals surface area contributed by atoms with E-state index in [-0.39, 0.29) is 12.4 Å². The molecule has 0 aromatic carbocycles. The normalized spacial score (nSPS) is 11.5. The Hall–Kier alpha value is -0.300. The van der Waals surface area contributed by atoms with Crippen molar-refractivity contribution in [2.24, 2.45) is 0 Å². The third-order valence-electron chi connectivity index (χ3n) is 1.37. The Labute approximate surface area is 105 Å². The van der Waals surface area contributed by atoms with E-state index in [0.717, 1.165) is 11.5 Å². The van der Waals surface area contributed by atoms with E-state index in [1.807, 2.05) is 0 Å². The van der Waals surface area contributed by atoms with Crippen molar-refractivity contribution in [3.63, 3.8) is 0 Å². The molecule has 0 aliphatic rings. The Bertz CT molecular complexity index is 365. The molecule has 9 heteroatoms. The number of carboxylic acid groups (broad SMARTS) is 1. The molecule has 1 heterocycles. The van der Waals surface area contributed by atoms with E-state index in [0.29, 0.717) is 5.13 Å². The topological polar surface area (TPSA) is 66.3 Å². The van der Waals surface area contributed by atoms with Gasteiger partial charge in [0.05, 0.1) is 0 Å². The lowest BCUT2D eigenvalue weighted by Crippen LogP contribution is -2.25. The highest BCUT2D eigenvalue weighted by molar-refractivity contribution is 7.09. The molecule has 0 fully saturated rings. The SMILES string of the molecule is CN(CC(=O)O)c1nc(C(Cl)(Cl)Cl)ns1. The second kappa shape index (κ2) is 4.69. The number of aromatic nitrogens is 2. The standard InChI is InChI=1S/C6H6Cl3N3O2S/c1-12(2-3(13)14)5-10-4(11-15-5)6(7,8)9/h2H2,1H3,(H,13,14). The Morgan fingerprint density at radius 1 is 1.60 bits per heavy atom. The number of carbonyl (C=O) groups is 1. The number of carboxylic acids is 1. The summed E-state index contributed by atoms with van der Waals surface area (Å²) in [7, 11) is 1.57. The minimum absolute atomic E-state index is 0.0461. The number of nitrogens with zero attached hydrogens (tertiary/aromatic N) is 3. The highest BCUT2D eigenvalue weighted by Gasteiger charge is 2.29. The maximum atomic E-state index is 10.4. The summed E-state index contributed by atoms with van der Waals surface area (Å²) in [5, 5.41) is 8.94. The van der Waals surface area contributed by atoms with Crippen molar-refractivity contribution in [3.8, 4) is 0 Å². The molecule has 0 unspecified atom stereocenters. The minimum Gasteiger partial charge on any atom is -0.480 e. The van der Waals surface area contributed by atoms with Crippen LogP contribution >= 0.6 is 46.3 Å². The molecule has 1 rings (SSSR count). The molecule has 5 nitrogen and oxygen atoms in total. The second-order valence-corrected chi connectivity index (χ2v) is 5.66. The molecular formula is C6H6Cl3N3O2S. The lowest BCUT2D eigenvalue weighted by atomic mass is 10.6. The monoisotopic (exact) mass is 289 g/mol. The minimum atomic E-state index is -1.68. The molecule has 0 aliphatic carbocycles. The summed E-state index contributed by atoms with van der Waals surface area (Å²) in [6.45, 7) is -0.186. The fourth-order valence-corrected chi connectivity index (χ4v) is 1.84. The number of halogens is 3. The third-order valence-corrected chi connectivity index (χ3v) is 2.71. The number of aliphatic carboxylic acids is 1. The summed E-state index contributed by atoms with van der Waals surface area (Å²) >= 11 is 17.7. The molecule has 0 spiro atoms. The van der Waals surface area contributed by atoms with Crippen LogP contribution in [0.3, 0.4) is 0 Å². The van der Waals surface area contributed by atoms with Gasteiger partial charge in [-0.25, -0.2) is 0 Å². The van der Waals surface area contributed by atoms with E-state index in [1.165, 1.54) is 4.90 Å². The largest absolute Gasteiger partial charge is 0.480 e. The zero-order valence-electron chi connectivity index (χ0n) is 7.45. The van der Waals surface area contributed by atoms with Crippen LogP contribution in [0.4, 0.5) is 5.13 Å². The van der Waals surface area contributed by atoms with E-state index in [4.69, 9.17) is 39.9 Å². The van der Waals surface area contributed by atoms with Gasteiger partial charge >= 0.3 is 5.97 Å². The molecule has 0 radical (unpaired) electrons. The first-order valence-electron chi connectivity index (χ1n) is 3.64. The molecule has 0 saturated carbocycles. The summed E-state index contributed by atoms with van der Waals surface area (Å²) in [4.78, 5) is 15.7. The zero-order valence-corrected chi connectivity index (χ0v) is 10.5. The van der Waals surface area contributed by atoms with Crippen molar-refractivity contribution in [2.45, 2.75) is 3.79 Å². The Balaban J connectivity index is 2.80. The molecule has 15 heavy (non-hydrogen) atoms. The van der Waals surface area contributed by atoms with Gasteiger partial charge < -0.3 is 10.0 Å². The Morgan fingerprint density at radius 2 is 2.20 bits per heavy atom. The zero-order chi connectivity index (χ0) is 11.6. The van der Waals surface area contributed by atoms with Crippen molar-refractivity contribution < 1.29 is 9.90 Å². The van der Waals surface area contributed by atoms with Crippen LogP contribution in [-0.2, 0) is 8.59 Å². The fourth-order valence-electron chi connectivity index (χ4n) is 0.756. The van der Waals surface area contributed by atoms with Gasteiger partial charge in [-0.1, -0.05) is 34.8 Å². The highest BCUT2D eigenvalue weighted by Crippen LogP contribution is 2.37. The maximum absolute atomic E-state index is 10.4. The van der Waals surface area contributed by atoms with Gasteiger partial charge in [0.25, 0.3) is 3.79 Å². The average molecular weight is 291 g/mol. The smallest absolute Gasteiger partial charge is 0.323 e. The maximum Gasteiger partial charge on any atom is 0.323 e. The second-order valence-electron chi connectivity index (χ2n) is 2.65. The molecular weight excluding hydrogens is 285 g/mol. The quantitative estimate of drug-likeness (QED) is 0.861. The van der Waals surface area contributed by atoms with Crippen molar-refractivity contribution in [1.82, 2.24) is 9.36 Å². The number of hydrogen-bond acceptors (Lipinski definition) is 5. The van der Waals surface area contributed by atoms with Gasteiger partial charge in [-0.15, -0.1) is 0 Å². The number of alkyl halides is 3. The molecule has 0 amide bonds. The Kier molecular flexibility index (Phi) is 3.99. The van der Waals surface area contributed by atoms with Crippen LogP contribution in [0.25, 0.3) is 0 Å². The number of rotatable bonds is 3. The molecule has 1 N–H and O–H groups in total. The van der Waals surface area contributed by atoms with Crippen LogP contribution in [-0.4, -0.2) is 34.0 Å². The fraction of sp³-hybridized carbons (Fsp3) is 0.500. The summed E-state index contributed by atoms with van der Waals surface area (Å²) in [5.74, 6) is -0.923. The van der Waals surface area contributed by atoms with Gasteiger partial charge in [0.15, 0.2) is 5.82 Å². The number of hydrogen-bond donors (Lipinski definition) is 1. The van der Waals surface area contributed by atoms with Crippen LogP contribution in [0, 0.1) is 0 Å². The molecule has 0 aliphatic heterocycles. The van der Waals surface area contributed by atoms with Crippen molar-refractivity contribution in [1.29, 1.82) is 0 Å². The summed E-state index contributed by atoms with van der Waals surface area (Å²) in [6.07, 6.45) is 0. The van der Waals surface area contributed by atoms with E-state index in [2.05, 4.69) is 9.36 Å². The highest BCUT2D eigenvalue weighted by atomic mass is 35.6. The molecule has 0 saturated heterocycles. The molecule has 84 valence electrons. The van der Waals surface area contributed by atoms with Crippen LogP contribution in [0.5, 0.6) is 0 Å². The summed E-state index contributed by atoms with van der Waals surface area (Å²) in [5.41, 5.74) is 0. The first-order valence-corrected chi connectivity index (χ1v) is 5.55. The van der Waals surface area contributed by atoms with Crippen LogP contribution in [0.15, 0.2) is 0 Å². The van der Waals surface area contributed by atoms with E-state index in [9.17, 15) is 4.79 Å². The van der Waals surface area contributed by atoms with Crippen molar-refractivity contribution >= 4 is 57.4 Å². The molecule has 1 aromatic heterocycles. The Morgan fingerprint density at radius 3 is 2.60 bits per heavy atom. The van der Waals surface area contributed by atoms with Crippen LogP contribution in [0.1, 0.15) is 5.82 Å². The van der Waals surface area contributed by atoms with Crippen LogP contribution in [0.2, 0.25) is 0 Å². The number of likely N-dealkylation sites (N-methyl/N-ethyl adjacent to an activating group) is 1. The first-order chi connectivity index (χ1) is 6.80. The van der Waals surface area contributed by atoms with Gasteiger partial charge in [-0.05, 0) is 0 Å². The van der Waals surface area contributed by atoms with Crippen LogP contribution < -0.4 is 4.90 Å². The van der Waals surface area contributed by atoms with Gasteiger partial charge in [-0.3, -0.25) is 4.79 Å². The molecule has 0 bridgehead atoms. The predicted molar refractivity (Wildman–Crippen MR) is 60.1 cm³/mol. The number of anilines is 1. The molecule has 0 atom stereocenters. The summed E-state index contributed by atoms with van der Waals surface area (Å²) in [6, 6.07) is 0. The van der Waals surface area contributed by atoms with Crippen molar-refractivity contribution in [2.75, 3.05) is 18.5 Å². The van der Waals surface area contributed by atoms with Gasteiger partial charge in [-0.2, -0.15) is 9.36 Å². The average Bonchev–Trinajstić information content (AvgIpc) is 2.48. The third kappa shape index (κ3) is 3.64. The first kappa shape index (κ1) is 12.8. The lowest BCUT2D eigenvalue weighted by Gasteiger charge is -2.11. The van der Waals surface area contributed by atoms with Gasteiger partial charge in [0, 0.05) is 18.6 Å². The molecule has 1 aromatic rings. The van der Waals surface area contributed by atoms with E-state index >= 15 is 0 Å². The lowest BCUT2D eigenvalue weighted by molar-refractivity contribution is -0.135. The van der Waals surface area contributed by atoms with E-state index in [1.54, 1.807) is 7.05 Å².